The number of rotatable bonds is 6. The Hall–Kier alpha value is -1.99. The molecule has 0 radical (unpaired) electrons. The smallest absolute Gasteiger partial charge is 0.251 e. The summed E-state index contributed by atoms with van der Waals surface area (Å²) >= 11 is 0. The number of carbonyl (C=O) groups is 2. The topological polar surface area (TPSA) is 79.5 Å². The van der Waals surface area contributed by atoms with Gasteiger partial charge in [0.05, 0.1) is 6.61 Å². The van der Waals surface area contributed by atoms with Crippen molar-refractivity contribution in [1.82, 2.24) is 16.0 Å². The Balaban J connectivity index is 1.60. The molecular formula is C15H20FN3O3. The molecule has 0 saturated carbocycles. The first kappa shape index (κ1) is 16.4. The molecule has 1 heterocycles. The van der Waals surface area contributed by atoms with E-state index in [0.29, 0.717) is 32.7 Å². The van der Waals surface area contributed by atoms with E-state index in [-0.39, 0.29) is 17.4 Å². The molecule has 6 nitrogen and oxygen atoms in total. The fourth-order valence-electron chi connectivity index (χ4n) is 2.08. The molecule has 0 aliphatic carbocycles. The van der Waals surface area contributed by atoms with Gasteiger partial charge in [0.15, 0.2) is 0 Å². The van der Waals surface area contributed by atoms with Crippen molar-refractivity contribution in [3.05, 3.63) is 35.6 Å². The predicted octanol–water partition coefficient (Wildman–Crippen LogP) is 0.0502. The highest BCUT2D eigenvalue weighted by molar-refractivity contribution is 5.94. The van der Waals surface area contributed by atoms with Crippen molar-refractivity contribution < 1.29 is 18.7 Å². The third-order valence-electron chi connectivity index (χ3n) is 3.25. The van der Waals surface area contributed by atoms with Gasteiger partial charge in [-0.1, -0.05) is 6.07 Å². The maximum absolute atomic E-state index is 13.0. The zero-order valence-electron chi connectivity index (χ0n) is 12.2. The number of hydrogen-bond acceptors (Lipinski definition) is 4. The van der Waals surface area contributed by atoms with E-state index < -0.39 is 11.9 Å². The number of morpholine rings is 1. The normalized spacial score (nSPS) is 17.8. The number of carbonyl (C=O) groups excluding carboxylic acids is 2. The highest BCUT2D eigenvalue weighted by Gasteiger charge is 2.20. The number of hydrogen-bond donors (Lipinski definition) is 3. The second-order valence-electron chi connectivity index (χ2n) is 4.97. The monoisotopic (exact) mass is 309 g/mol. The van der Waals surface area contributed by atoms with E-state index in [1.807, 2.05) is 0 Å². The number of amides is 2. The molecule has 1 fully saturated rings. The van der Waals surface area contributed by atoms with E-state index in [1.54, 1.807) is 6.07 Å². The van der Waals surface area contributed by atoms with Gasteiger partial charge in [-0.2, -0.15) is 0 Å². The highest BCUT2D eigenvalue weighted by Crippen LogP contribution is 2.03. The molecule has 2 rings (SSSR count). The van der Waals surface area contributed by atoms with Crippen LogP contribution in [0.3, 0.4) is 0 Å². The van der Waals surface area contributed by atoms with Crippen molar-refractivity contribution in [2.75, 3.05) is 32.8 Å². The SMILES string of the molecule is O=C(NCCCNC(=O)C1CNCCO1)c1cccc(F)c1. The van der Waals surface area contributed by atoms with E-state index in [4.69, 9.17) is 4.74 Å². The molecule has 0 bridgehead atoms. The lowest BCUT2D eigenvalue weighted by Crippen LogP contribution is -2.48. The van der Waals surface area contributed by atoms with Crippen LogP contribution in [0.2, 0.25) is 0 Å². The minimum Gasteiger partial charge on any atom is -0.366 e. The van der Waals surface area contributed by atoms with Crippen molar-refractivity contribution in [3.63, 3.8) is 0 Å². The molecule has 1 atom stereocenters. The second-order valence-corrected chi connectivity index (χ2v) is 4.97. The first-order valence-electron chi connectivity index (χ1n) is 7.30. The second kappa shape index (κ2) is 8.45. The molecule has 1 aromatic rings. The summed E-state index contributed by atoms with van der Waals surface area (Å²) in [6.07, 6.45) is 0.142. The Morgan fingerprint density at radius 3 is 2.86 bits per heavy atom. The van der Waals surface area contributed by atoms with Gasteiger partial charge >= 0.3 is 0 Å². The molecular weight excluding hydrogens is 289 g/mol. The molecule has 0 spiro atoms. The van der Waals surface area contributed by atoms with Gasteiger partial charge in [0.2, 0.25) is 5.91 Å². The van der Waals surface area contributed by atoms with Crippen LogP contribution in [0.25, 0.3) is 0 Å². The van der Waals surface area contributed by atoms with Gasteiger partial charge < -0.3 is 20.7 Å². The molecule has 1 aromatic carbocycles. The Morgan fingerprint density at radius 1 is 1.32 bits per heavy atom. The first-order valence-corrected chi connectivity index (χ1v) is 7.30. The summed E-state index contributed by atoms with van der Waals surface area (Å²) in [6.45, 7) is 2.65. The van der Waals surface area contributed by atoms with Crippen molar-refractivity contribution in [1.29, 1.82) is 0 Å². The maximum atomic E-state index is 13.0. The number of benzene rings is 1. The molecule has 7 heteroatoms. The number of ether oxygens (including phenoxy) is 1. The van der Waals surface area contributed by atoms with Crippen LogP contribution in [0.1, 0.15) is 16.8 Å². The molecule has 2 amide bonds. The minimum atomic E-state index is -0.448. The summed E-state index contributed by atoms with van der Waals surface area (Å²) < 4.78 is 18.3. The van der Waals surface area contributed by atoms with Crippen molar-refractivity contribution in [3.8, 4) is 0 Å². The van der Waals surface area contributed by atoms with Crippen LogP contribution in [0.4, 0.5) is 4.39 Å². The fourth-order valence-corrected chi connectivity index (χ4v) is 2.08. The molecule has 22 heavy (non-hydrogen) atoms. The van der Waals surface area contributed by atoms with E-state index in [9.17, 15) is 14.0 Å². The molecule has 0 aromatic heterocycles. The van der Waals surface area contributed by atoms with Crippen molar-refractivity contribution in [2.24, 2.45) is 0 Å². The predicted molar refractivity (Wildman–Crippen MR) is 79.0 cm³/mol. The lowest BCUT2D eigenvalue weighted by molar-refractivity contribution is -0.134. The molecule has 1 aliphatic rings. The van der Waals surface area contributed by atoms with Gasteiger partial charge in [0, 0.05) is 31.7 Å². The zero-order valence-corrected chi connectivity index (χ0v) is 12.2. The zero-order chi connectivity index (χ0) is 15.8. The Morgan fingerprint density at radius 2 is 2.14 bits per heavy atom. The van der Waals surface area contributed by atoms with Crippen LogP contribution in [-0.2, 0) is 9.53 Å². The van der Waals surface area contributed by atoms with E-state index >= 15 is 0 Å². The first-order chi connectivity index (χ1) is 10.7. The Labute approximate surface area is 128 Å². The molecule has 3 N–H and O–H groups in total. The molecule has 1 aliphatic heterocycles. The molecule has 1 saturated heterocycles. The Kier molecular flexibility index (Phi) is 6.29. The largest absolute Gasteiger partial charge is 0.366 e. The Bertz CT molecular complexity index is 519. The fraction of sp³-hybridized carbons (Fsp3) is 0.467. The van der Waals surface area contributed by atoms with E-state index in [2.05, 4.69) is 16.0 Å². The van der Waals surface area contributed by atoms with Crippen LogP contribution >= 0.6 is 0 Å². The van der Waals surface area contributed by atoms with Gasteiger partial charge in [0.25, 0.3) is 5.91 Å². The van der Waals surface area contributed by atoms with Gasteiger partial charge in [-0.15, -0.1) is 0 Å². The third kappa shape index (κ3) is 5.09. The summed E-state index contributed by atoms with van der Waals surface area (Å²) in [5.41, 5.74) is 0.283. The van der Waals surface area contributed by atoms with E-state index in [1.165, 1.54) is 18.2 Å². The summed E-state index contributed by atoms with van der Waals surface area (Å²) in [5.74, 6) is -0.921. The summed E-state index contributed by atoms with van der Waals surface area (Å²) in [4.78, 5) is 23.5. The van der Waals surface area contributed by atoms with E-state index in [0.717, 1.165) is 6.54 Å². The maximum Gasteiger partial charge on any atom is 0.251 e. The quantitative estimate of drug-likeness (QED) is 0.649. The van der Waals surface area contributed by atoms with Crippen LogP contribution in [-0.4, -0.2) is 50.7 Å². The summed E-state index contributed by atoms with van der Waals surface area (Å²) in [6, 6.07) is 5.51. The third-order valence-corrected chi connectivity index (χ3v) is 3.25. The van der Waals surface area contributed by atoms with Crippen LogP contribution < -0.4 is 16.0 Å². The van der Waals surface area contributed by atoms with Gasteiger partial charge in [-0.25, -0.2) is 4.39 Å². The average molecular weight is 309 g/mol. The summed E-state index contributed by atoms with van der Waals surface area (Å²) in [7, 11) is 0. The standard InChI is InChI=1S/C15H20FN3O3/c16-12-4-1-3-11(9-12)14(20)18-5-2-6-19-15(21)13-10-17-7-8-22-13/h1,3-4,9,13,17H,2,5-8,10H2,(H,18,20)(H,19,21). The van der Waals surface area contributed by atoms with Crippen LogP contribution in [0.15, 0.2) is 24.3 Å². The van der Waals surface area contributed by atoms with Gasteiger partial charge in [-0.3, -0.25) is 9.59 Å². The van der Waals surface area contributed by atoms with Crippen LogP contribution in [0, 0.1) is 5.82 Å². The average Bonchev–Trinajstić information content (AvgIpc) is 2.55. The van der Waals surface area contributed by atoms with Crippen molar-refractivity contribution >= 4 is 11.8 Å². The lowest BCUT2D eigenvalue weighted by atomic mass is 10.2. The highest BCUT2D eigenvalue weighted by atomic mass is 19.1. The number of halogens is 1. The van der Waals surface area contributed by atoms with Crippen LogP contribution in [0.5, 0.6) is 0 Å². The van der Waals surface area contributed by atoms with Gasteiger partial charge in [0.1, 0.15) is 11.9 Å². The number of nitrogens with one attached hydrogen (secondary N) is 3. The molecule has 1 unspecified atom stereocenters. The summed E-state index contributed by atoms with van der Waals surface area (Å²) in [5, 5.41) is 8.52. The molecule has 120 valence electrons. The minimum absolute atomic E-state index is 0.149. The van der Waals surface area contributed by atoms with Crippen molar-refractivity contribution in [2.45, 2.75) is 12.5 Å². The lowest BCUT2D eigenvalue weighted by Gasteiger charge is -2.22. The van der Waals surface area contributed by atoms with Gasteiger partial charge in [-0.05, 0) is 24.6 Å².